The summed E-state index contributed by atoms with van der Waals surface area (Å²) >= 11 is 3.23. The summed E-state index contributed by atoms with van der Waals surface area (Å²) in [6.07, 6.45) is 0.0377. The Labute approximate surface area is 119 Å². The third kappa shape index (κ3) is 4.78. The average Bonchev–Trinajstić information content (AvgIpc) is 2.27. The van der Waals surface area contributed by atoms with Gasteiger partial charge in [0.15, 0.2) is 0 Å². The minimum absolute atomic E-state index is 0.0377. The molecule has 1 aromatic rings. The van der Waals surface area contributed by atoms with Crippen LogP contribution in [0.2, 0.25) is 0 Å². The molecule has 0 saturated carbocycles. The molecule has 6 heteroatoms. The molecule has 0 amide bonds. The number of hydrogen-bond donors (Lipinski definition) is 0. The van der Waals surface area contributed by atoms with E-state index >= 15 is 0 Å². The first kappa shape index (κ1) is 15.9. The predicted octanol–water partition coefficient (Wildman–Crippen LogP) is 3.60. The van der Waals surface area contributed by atoms with Gasteiger partial charge in [-0.05, 0) is 31.0 Å². The molecule has 0 fully saturated rings. The van der Waals surface area contributed by atoms with E-state index in [1.165, 1.54) is 6.07 Å². The Balaban J connectivity index is 3.08. The van der Waals surface area contributed by atoms with Crippen molar-refractivity contribution in [1.29, 1.82) is 0 Å². The Morgan fingerprint density at radius 2 is 2.11 bits per heavy atom. The van der Waals surface area contributed by atoms with E-state index in [9.17, 15) is 13.6 Å². The van der Waals surface area contributed by atoms with Gasteiger partial charge >= 0.3 is 12.6 Å². The van der Waals surface area contributed by atoms with Gasteiger partial charge in [-0.3, -0.25) is 4.79 Å². The van der Waals surface area contributed by atoms with E-state index in [0.29, 0.717) is 16.5 Å². The maximum Gasteiger partial charge on any atom is 0.387 e. The quantitative estimate of drug-likeness (QED) is 0.588. The minimum atomic E-state index is -2.89. The molecule has 0 radical (unpaired) electrons. The SMILES string of the molecule is CCOC(=O)Cc1cc(C)cc(OC(F)F)c1CBr. The van der Waals surface area contributed by atoms with E-state index in [0.717, 1.165) is 5.56 Å². The summed E-state index contributed by atoms with van der Waals surface area (Å²) in [5.41, 5.74) is 1.92. The molecule has 0 unspecified atom stereocenters. The summed E-state index contributed by atoms with van der Waals surface area (Å²) < 4.78 is 34.1. The summed E-state index contributed by atoms with van der Waals surface area (Å²) in [4.78, 5) is 11.5. The fourth-order valence-electron chi connectivity index (χ4n) is 1.73. The second-order valence-corrected chi connectivity index (χ2v) is 4.46. The van der Waals surface area contributed by atoms with E-state index in [4.69, 9.17) is 4.74 Å². The molecule has 1 aromatic carbocycles. The van der Waals surface area contributed by atoms with Gasteiger partial charge in [-0.25, -0.2) is 0 Å². The van der Waals surface area contributed by atoms with E-state index in [1.807, 2.05) is 0 Å². The van der Waals surface area contributed by atoms with E-state index < -0.39 is 12.6 Å². The Kier molecular flexibility index (Phi) is 6.21. The number of benzene rings is 1. The zero-order valence-electron chi connectivity index (χ0n) is 10.7. The van der Waals surface area contributed by atoms with Crippen molar-refractivity contribution in [2.45, 2.75) is 32.2 Å². The minimum Gasteiger partial charge on any atom is -0.466 e. The van der Waals surface area contributed by atoms with Crippen molar-refractivity contribution in [2.75, 3.05) is 6.61 Å². The molecule has 3 nitrogen and oxygen atoms in total. The summed E-state index contributed by atoms with van der Waals surface area (Å²) in [5, 5.41) is 0.323. The first-order chi connectivity index (χ1) is 8.97. The van der Waals surface area contributed by atoms with Crippen molar-refractivity contribution in [3.05, 3.63) is 28.8 Å². The van der Waals surface area contributed by atoms with Crippen LogP contribution in [0.5, 0.6) is 5.75 Å². The van der Waals surface area contributed by atoms with Crippen LogP contribution in [0.4, 0.5) is 8.78 Å². The number of halogens is 3. The van der Waals surface area contributed by atoms with Crippen molar-refractivity contribution < 1.29 is 23.0 Å². The maximum absolute atomic E-state index is 12.4. The lowest BCUT2D eigenvalue weighted by Crippen LogP contribution is -2.11. The zero-order valence-corrected chi connectivity index (χ0v) is 12.3. The first-order valence-corrected chi connectivity index (χ1v) is 6.88. The molecule has 1 rings (SSSR count). The highest BCUT2D eigenvalue weighted by Crippen LogP contribution is 2.29. The van der Waals surface area contributed by atoms with Crippen LogP contribution in [0.15, 0.2) is 12.1 Å². The number of ether oxygens (including phenoxy) is 2. The molecule has 0 atom stereocenters. The number of alkyl halides is 3. The molecule has 0 aliphatic carbocycles. The van der Waals surface area contributed by atoms with Crippen molar-refractivity contribution >= 4 is 21.9 Å². The molecule has 0 N–H and O–H groups in total. The van der Waals surface area contributed by atoms with Crippen molar-refractivity contribution in [3.8, 4) is 5.75 Å². The molecule has 0 aliphatic rings. The van der Waals surface area contributed by atoms with Gasteiger partial charge in [-0.15, -0.1) is 0 Å². The number of aryl methyl sites for hydroxylation is 1. The standard InChI is InChI=1S/C13H15BrF2O3/c1-3-18-12(17)6-9-4-8(2)5-11(10(9)7-14)19-13(15)16/h4-5,13H,3,6-7H2,1-2H3. The van der Waals surface area contributed by atoms with Crippen LogP contribution >= 0.6 is 15.9 Å². The predicted molar refractivity (Wildman–Crippen MR) is 70.8 cm³/mol. The van der Waals surface area contributed by atoms with E-state index in [1.54, 1.807) is 19.9 Å². The molecule has 0 aromatic heterocycles. The lowest BCUT2D eigenvalue weighted by atomic mass is 10.0. The Morgan fingerprint density at radius 3 is 2.63 bits per heavy atom. The lowest BCUT2D eigenvalue weighted by molar-refractivity contribution is -0.142. The lowest BCUT2D eigenvalue weighted by Gasteiger charge is -2.14. The molecule has 19 heavy (non-hydrogen) atoms. The van der Waals surface area contributed by atoms with Crippen LogP contribution in [0.25, 0.3) is 0 Å². The topological polar surface area (TPSA) is 35.5 Å². The van der Waals surface area contributed by atoms with Gasteiger partial charge in [0, 0.05) is 10.9 Å². The fraction of sp³-hybridized carbons (Fsp3) is 0.462. The highest BCUT2D eigenvalue weighted by atomic mass is 79.9. The van der Waals surface area contributed by atoms with Gasteiger partial charge in [0.25, 0.3) is 0 Å². The Bertz CT molecular complexity index is 450. The fourth-order valence-corrected chi connectivity index (χ4v) is 2.37. The van der Waals surface area contributed by atoms with E-state index in [2.05, 4.69) is 20.7 Å². The molecular formula is C13H15BrF2O3. The molecule has 0 aliphatic heterocycles. The second kappa shape index (κ2) is 7.43. The van der Waals surface area contributed by atoms with Gasteiger partial charge in [0.1, 0.15) is 5.75 Å². The Morgan fingerprint density at radius 1 is 1.42 bits per heavy atom. The van der Waals surface area contributed by atoms with Crippen molar-refractivity contribution in [1.82, 2.24) is 0 Å². The van der Waals surface area contributed by atoms with Gasteiger partial charge < -0.3 is 9.47 Å². The maximum atomic E-state index is 12.4. The summed E-state index contributed by atoms with van der Waals surface area (Å²) in [7, 11) is 0. The highest BCUT2D eigenvalue weighted by Gasteiger charge is 2.16. The van der Waals surface area contributed by atoms with Gasteiger partial charge in [0.2, 0.25) is 0 Å². The summed E-state index contributed by atoms with van der Waals surface area (Å²) in [6, 6.07) is 3.29. The monoisotopic (exact) mass is 336 g/mol. The van der Waals surface area contributed by atoms with Crippen LogP contribution in [0.1, 0.15) is 23.6 Å². The number of esters is 1. The summed E-state index contributed by atoms with van der Waals surface area (Å²) in [6.45, 7) is 0.861. The number of carbonyl (C=O) groups is 1. The molecule has 0 spiro atoms. The van der Waals surface area contributed by atoms with Crippen LogP contribution in [0.3, 0.4) is 0 Å². The molecular weight excluding hydrogens is 322 g/mol. The zero-order chi connectivity index (χ0) is 14.4. The largest absolute Gasteiger partial charge is 0.466 e. The van der Waals surface area contributed by atoms with Crippen molar-refractivity contribution in [3.63, 3.8) is 0 Å². The van der Waals surface area contributed by atoms with Gasteiger partial charge in [0.05, 0.1) is 13.0 Å². The third-order valence-corrected chi connectivity index (χ3v) is 3.00. The van der Waals surface area contributed by atoms with Crippen LogP contribution in [-0.2, 0) is 21.3 Å². The average molecular weight is 337 g/mol. The van der Waals surface area contributed by atoms with Crippen LogP contribution in [0, 0.1) is 6.92 Å². The smallest absolute Gasteiger partial charge is 0.387 e. The van der Waals surface area contributed by atoms with Crippen LogP contribution < -0.4 is 4.74 Å². The second-order valence-electron chi connectivity index (χ2n) is 3.89. The number of carbonyl (C=O) groups excluding carboxylic acids is 1. The molecule has 0 heterocycles. The molecule has 0 bridgehead atoms. The number of hydrogen-bond acceptors (Lipinski definition) is 3. The summed E-state index contributed by atoms with van der Waals surface area (Å²) in [5.74, 6) is -0.301. The van der Waals surface area contributed by atoms with Gasteiger partial charge in [-0.2, -0.15) is 8.78 Å². The normalized spacial score (nSPS) is 10.6. The Hall–Kier alpha value is -1.17. The highest BCUT2D eigenvalue weighted by molar-refractivity contribution is 9.08. The third-order valence-electron chi connectivity index (χ3n) is 2.44. The number of rotatable bonds is 6. The molecule has 106 valence electrons. The first-order valence-electron chi connectivity index (χ1n) is 5.76. The molecule has 0 saturated heterocycles. The van der Waals surface area contributed by atoms with Gasteiger partial charge in [-0.1, -0.05) is 22.0 Å². The van der Waals surface area contributed by atoms with Crippen LogP contribution in [-0.4, -0.2) is 19.2 Å². The van der Waals surface area contributed by atoms with E-state index in [-0.39, 0.29) is 18.8 Å². The van der Waals surface area contributed by atoms with Crippen molar-refractivity contribution in [2.24, 2.45) is 0 Å².